The van der Waals surface area contributed by atoms with Crippen molar-refractivity contribution < 1.29 is 37.0 Å². The van der Waals surface area contributed by atoms with Crippen molar-refractivity contribution >= 4 is 28.5 Å². The molecule has 3 aromatic rings. The van der Waals surface area contributed by atoms with E-state index >= 15 is 0 Å². The summed E-state index contributed by atoms with van der Waals surface area (Å²) >= 11 is 6.18. The van der Waals surface area contributed by atoms with Gasteiger partial charge in [0.25, 0.3) is 0 Å². The zero-order valence-electron chi connectivity index (χ0n) is 19.5. The van der Waals surface area contributed by atoms with E-state index in [4.69, 9.17) is 30.6 Å². The smallest absolute Gasteiger partial charge is 0.416 e. The largest absolute Gasteiger partial charge is 0.492 e. The molecular weight excluding hydrogens is 501 g/mol. The fourth-order valence-electron chi connectivity index (χ4n) is 3.86. The van der Waals surface area contributed by atoms with E-state index in [1.54, 1.807) is 18.2 Å². The zero-order valence-corrected chi connectivity index (χ0v) is 20.3. The molecule has 0 atom stereocenters. The van der Waals surface area contributed by atoms with Crippen LogP contribution in [0.2, 0.25) is 5.02 Å². The Morgan fingerprint density at radius 2 is 1.86 bits per heavy atom. The molecule has 0 aliphatic heterocycles. The number of carboxylic acid groups (broad SMARTS) is 1. The highest BCUT2D eigenvalue weighted by molar-refractivity contribution is 6.34. The molecule has 0 unspecified atom stereocenters. The Morgan fingerprint density at radius 1 is 1.14 bits per heavy atom. The molecule has 1 aliphatic rings. The van der Waals surface area contributed by atoms with Crippen molar-refractivity contribution in [3.63, 3.8) is 0 Å². The van der Waals surface area contributed by atoms with E-state index in [2.05, 4.69) is 0 Å². The van der Waals surface area contributed by atoms with E-state index < -0.39 is 34.5 Å². The van der Waals surface area contributed by atoms with Crippen LogP contribution in [0.25, 0.3) is 22.3 Å². The molecule has 1 aliphatic carbocycles. The van der Waals surface area contributed by atoms with Gasteiger partial charge in [-0.05, 0) is 43.2 Å². The van der Waals surface area contributed by atoms with E-state index in [1.165, 1.54) is 12.1 Å². The predicted octanol–water partition coefficient (Wildman–Crippen LogP) is 6.42. The first kappa shape index (κ1) is 26.0. The van der Waals surface area contributed by atoms with Crippen LogP contribution in [-0.2, 0) is 15.7 Å². The third kappa shape index (κ3) is 5.68. The first-order chi connectivity index (χ1) is 16.8. The lowest BCUT2D eigenvalue weighted by atomic mass is 9.82. The average Bonchev–Trinajstić information content (AvgIpc) is 2.76. The Morgan fingerprint density at radius 3 is 2.53 bits per heavy atom. The van der Waals surface area contributed by atoms with Crippen LogP contribution in [0.5, 0.6) is 5.75 Å². The number of carbonyl (C=O) groups is 1. The van der Waals surface area contributed by atoms with Crippen LogP contribution in [0, 0.1) is 11.3 Å². The van der Waals surface area contributed by atoms with Crippen molar-refractivity contribution in [2.75, 3.05) is 13.2 Å². The number of para-hydroxylation sites is 1. The molecule has 0 amide bonds. The van der Waals surface area contributed by atoms with Gasteiger partial charge in [0.15, 0.2) is 11.0 Å². The molecule has 1 saturated carbocycles. The summed E-state index contributed by atoms with van der Waals surface area (Å²) in [6.07, 6.45) is -3.93. The number of hydrogen-bond acceptors (Lipinski definition) is 5. The minimum Gasteiger partial charge on any atom is -0.492 e. The van der Waals surface area contributed by atoms with Crippen LogP contribution in [-0.4, -0.2) is 30.4 Å². The van der Waals surface area contributed by atoms with Gasteiger partial charge in [-0.3, -0.25) is 9.59 Å². The topological polar surface area (TPSA) is 86.0 Å². The second-order valence-corrected chi connectivity index (χ2v) is 10.1. The van der Waals surface area contributed by atoms with Gasteiger partial charge >= 0.3 is 12.1 Å². The first-order valence-corrected chi connectivity index (χ1v) is 11.6. The van der Waals surface area contributed by atoms with Gasteiger partial charge in [-0.2, -0.15) is 13.2 Å². The lowest BCUT2D eigenvalue weighted by Gasteiger charge is -2.35. The number of hydrogen-bond donors (Lipinski definition) is 1. The summed E-state index contributed by atoms with van der Waals surface area (Å²) in [5.74, 6) is -1.35. The molecular formula is C26H24ClF3O6. The maximum atomic E-state index is 13.4. The molecule has 0 radical (unpaired) electrons. The SMILES string of the molecule is CC(C)(COc1cc(C(F)(F)F)ccc1-c1cc(=O)c2cccc(Cl)c2o1)CO[C@H]1C[C@@H](C(=O)O)C1. The molecule has 6 nitrogen and oxygen atoms in total. The standard InChI is InChI=1S/C26H24ClF3O6/c1-25(2,12-34-16-8-14(9-16)24(32)33)13-35-21-10-15(26(28,29)30)6-7-18(21)22-11-20(31)17-4-3-5-19(27)23(17)36-22/h3-7,10-11,14,16H,8-9,12-13H2,1-2H3,(H,32,33)/t14-,16+. The van der Waals surface area contributed by atoms with E-state index in [-0.39, 0.29) is 52.4 Å². The first-order valence-electron chi connectivity index (χ1n) is 11.3. The minimum absolute atomic E-state index is 0.00500. The maximum absolute atomic E-state index is 13.4. The fourth-order valence-corrected chi connectivity index (χ4v) is 4.07. The summed E-state index contributed by atoms with van der Waals surface area (Å²) in [6.45, 7) is 3.86. The van der Waals surface area contributed by atoms with Crippen LogP contribution < -0.4 is 10.2 Å². The molecule has 0 bridgehead atoms. The van der Waals surface area contributed by atoms with Gasteiger partial charge < -0.3 is 19.0 Å². The number of rotatable bonds is 8. The molecule has 2 aromatic carbocycles. The van der Waals surface area contributed by atoms with Crippen LogP contribution >= 0.6 is 11.6 Å². The lowest BCUT2D eigenvalue weighted by Crippen LogP contribution is -2.39. The van der Waals surface area contributed by atoms with Crippen LogP contribution in [0.4, 0.5) is 13.2 Å². The Labute approximate surface area is 209 Å². The molecule has 0 saturated heterocycles. The number of aliphatic carboxylic acids is 1. The highest BCUT2D eigenvalue weighted by atomic mass is 35.5. The van der Waals surface area contributed by atoms with Crippen molar-refractivity contribution in [2.45, 2.75) is 39.0 Å². The third-order valence-corrected chi connectivity index (χ3v) is 6.35. The molecule has 0 spiro atoms. The van der Waals surface area contributed by atoms with Gasteiger partial charge in [0.05, 0.1) is 46.8 Å². The summed E-state index contributed by atoms with van der Waals surface area (Å²) < 4.78 is 57.8. The lowest BCUT2D eigenvalue weighted by molar-refractivity contribution is -0.152. The van der Waals surface area contributed by atoms with Gasteiger partial charge in [0.1, 0.15) is 11.5 Å². The predicted molar refractivity (Wildman–Crippen MR) is 127 cm³/mol. The number of carboxylic acids is 1. The van der Waals surface area contributed by atoms with Crippen molar-refractivity contribution in [2.24, 2.45) is 11.3 Å². The summed E-state index contributed by atoms with van der Waals surface area (Å²) in [7, 11) is 0. The second-order valence-electron chi connectivity index (χ2n) is 9.69. The van der Waals surface area contributed by atoms with Crippen LogP contribution in [0.3, 0.4) is 0 Å². The molecule has 1 heterocycles. The second kappa shape index (κ2) is 9.78. The van der Waals surface area contributed by atoms with Crippen molar-refractivity contribution in [3.8, 4) is 17.1 Å². The summed E-state index contributed by atoms with van der Waals surface area (Å²) in [6, 6.07) is 8.84. The van der Waals surface area contributed by atoms with Crippen molar-refractivity contribution in [1.82, 2.24) is 0 Å². The van der Waals surface area contributed by atoms with E-state index in [9.17, 15) is 22.8 Å². The van der Waals surface area contributed by atoms with E-state index in [0.29, 0.717) is 12.8 Å². The van der Waals surface area contributed by atoms with Crippen molar-refractivity contribution in [3.05, 3.63) is 63.3 Å². The molecule has 192 valence electrons. The Bertz CT molecular complexity index is 1340. The molecule has 1 fully saturated rings. The number of ether oxygens (including phenoxy) is 2. The Kier molecular flexibility index (Phi) is 7.07. The number of fused-ring (bicyclic) bond motifs is 1. The Balaban J connectivity index is 1.59. The highest BCUT2D eigenvalue weighted by Gasteiger charge is 2.36. The number of alkyl halides is 3. The zero-order chi connectivity index (χ0) is 26.3. The fraction of sp³-hybridized carbons (Fsp3) is 0.385. The third-order valence-electron chi connectivity index (χ3n) is 6.05. The quantitative estimate of drug-likeness (QED) is 0.366. The average molecular weight is 525 g/mol. The highest BCUT2D eigenvalue weighted by Crippen LogP contribution is 2.39. The summed E-state index contributed by atoms with van der Waals surface area (Å²) in [5.41, 5.74) is -1.62. The molecule has 1 aromatic heterocycles. The van der Waals surface area contributed by atoms with Gasteiger partial charge in [-0.1, -0.05) is 31.5 Å². The molecule has 36 heavy (non-hydrogen) atoms. The van der Waals surface area contributed by atoms with Gasteiger partial charge in [0, 0.05) is 11.5 Å². The van der Waals surface area contributed by atoms with Crippen LogP contribution in [0.15, 0.2) is 51.7 Å². The minimum atomic E-state index is -4.60. The van der Waals surface area contributed by atoms with Gasteiger partial charge in [-0.15, -0.1) is 0 Å². The van der Waals surface area contributed by atoms with Gasteiger partial charge in [0.2, 0.25) is 0 Å². The Hall–Kier alpha value is -3.04. The van der Waals surface area contributed by atoms with Crippen molar-refractivity contribution in [1.29, 1.82) is 0 Å². The summed E-state index contributed by atoms with van der Waals surface area (Å²) in [5, 5.41) is 9.43. The van der Waals surface area contributed by atoms with Gasteiger partial charge in [-0.25, -0.2) is 0 Å². The molecule has 1 N–H and O–H groups in total. The molecule has 4 rings (SSSR count). The number of benzene rings is 2. The van der Waals surface area contributed by atoms with E-state index in [0.717, 1.165) is 12.1 Å². The normalized spacial score (nSPS) is 18.2. The van der Waals surface area contributed by atoms with E-state index in [1.807, 2.05) is 13.8 Å². The maximum Gasteiger partial charge on any atom is 0.416 e. The van der Waals surface area contributed by atoms with Crippen LogP contribution in [0.1, 0.15) is 32.3 Å². The molecule has 10 heteroatoms. The summed E-state index contributed by atoms with van der Waals surface area (Å²) in [4.78, 5) is 23.6. The number of halogens is 4. The monoisotopic (exact) mass is 524 g/mol.